The molecule has 0 radical (unpaired) electrons. The van der Waals surface area contributed by atoms with Crippen molar-refractivity contribution in [3.63, 3.8) is 0 Å². The number of aliphatic hydroxyl groups excluding tert-OH is 2. The van der Waals surface area contributed by atoms with Gasteiger partial charge >= 0.3 is 33.6 Å². The summed E-state index contributed by atoms with van der Waals surface area (Å²) in [5, 5.41) is 20.6. The summed E-state index contributed by atoms with van der Waals surface area (Å²) < 4.78 is 61.1. The molecule has 0 aliphatic heterocycles. The van der Waals surface area contributed by atoms with Crippen LogP contribution >= 0.6 is 15.6 Å². The smallest absolute Gasteiger partial charge is 0.463 e. The molecule has 0 bridgehead atoms. The molecule has 0 heterocycles. The third-order valence-corrected chi connectivity index (χ3v) is 17.9. The number of unbranched alkanes of at least 4 members (excludes halogenated alkanes) is 26. The number of aliphatic hydroxyl groups is 2. The normalized spacial score (nSPS) is 14.8. The van der Waals surface area contributed by atoms with Gasteiger partial charge < -0.3 is 34.2 Å². The first-order valence-electron chi connectivity index (χ1n) is 39.1. The zero-order chi connectivity index (χ0) is 73.7. The van der Waals surface area contributed by atoms with Crippen molar-refractivity contribution in [1.29, 1.82) is 0 Å². The molecule has 0 aromatic carbocycles. The topological polar surface area (TPSA) is 231 Å². The molecule has 18 heteroatoms. The van der Waals surface area contributed by atoms with Crippen molar-refractivity contribution in [2.24, 2.45) is 0 Å². The van der Waals surface area contributed by atoms with Gasteiger partial charge in [-0.05, 0) is 148 Å². The van der Waals surface area contributed by atoms with Gasteiger partial charge in [0.1, 0.15) is 25.4 Å². The van der Waals surface area contributed by atoms with Gasteiger partial charge in [0, 0.05) is 19.3 Å². The Hall–Kier alpha value is -4.57. The first-order chi connectivity index (χ1) is 49.2. The maximum absolute atomic E-state index is 13.0. The summed E-state index contributed by atoms with van der Waals surface area (Å²) in [6.45, 7) is 2.47. The van der Waals surface area contributed by atoms with Gasteiger partial charge in [0.05, 0.1) is 26.4 Å². The minimum atomic E-state index is -4.95. The highest BCUT2D eigenvalue weighted by Crippen LogP contribution is 2.45. The Bertz CT molecular complexity index is 2420. The van der Waals surface area contributed by atoms with Crippen LogP contribution in [0.15, 0.2) is 146 Å². The van der Waals surface area contributed by atoms with Crippen molar-refractivity contribution < 1.29 is 75.8 Å². The summed E-state index contributed by atoms with van der Waals surface area (Å²) >= 11 is 0. The molecule has 0 spiro atoms. The summed E-state index contributed by atoms with van der Waals surface area (Å²) in [5.74, 6) is -1.62. The number of rotatable bonds is 73. The van der Waals surface area contributed by atoms with Crippen LogP contribution in [0, 0.1) is 0 Å². The van der Waals surface area contributed by atoms with E-state index in [0.717, 1.165) is 167 Å². The average molecular weight is 1460 g/mol. The molecule has 0 saturated carbocycles. The van der Waals surface area contributed by atoms with Crippen LogP contribution in [0.4, 0.5) is 0 Å². The lowest BCUT2D eigenvalue weighted by Crippen LogP contribution is -2.30. The quantitative estimate of drug-likeness (QED) is 0.0146. The van der Waals surface area contributed by atoms with E-state index in [1.807, 2.05) is 0 Å². The van der Waals surface area contributed by atoms with E-state index >= 15 is 0 Å². The van der Waals surface area contributed by atoms with Gasteiger partial charge in [-0.3, -0.25) is 32.5 Å². The van der Waals surface area contributed by atoms with E-state index in [2.05, 4.69) is 167 Å². The molecule has 5 unspecified atom stereocenters. The van der Waals surface area contributed by atoms with Crippen molar-refractivity contribution in [3.05, 3.63) is 146 Å². The highest BCUT2D eigenvalue weighted by Gasteiger charge is 2.29. The van der Waals surface area contributed by atoms with Crippen molar-refractivity contribution in [1.82, 2.24) is 0 Å². The lowest BCUT2D eigenvalue weighted by molar-refractivity contribution is -0.161. The first-order valence-corrected chi connectivity index (χ1v) is 42.1. The van der Waals surface area contributed by atoms with E-state index in [-0.39, 0.29) is 19.3 Å². The summed E-state index contributed by atoms with van der Waals surface area (Å²) in [4.78, 5) is 58.7. The van der Waals surface area contributed by atoms with Gasteiger partial charge in [-0.15, -0.1) is 0 Å². The van der Waals surface area contributed by atoms with Gasteiger partial charge in [0.15, 0.2) is 6.10 Å². The number of carbonyl (C=O) groups excluding carboxylic acids is 3. The van der Waals surface area contributed by atoms with Crippen LogP contribution in [0.3, 0.4) is 0 Å². The van der Waals surface area contributed by atoms with Crippen molar-refractivity contribution in [2.75, 3.05) is 39.6 Å². The van der Waals surface area contributed by atoms with Crippen LogP contribution in [0.1, 0.15) is 303 Å². The van der Waals surface area contributed by atoms with E-state index in [0.29, 0.717) is 19.3 Å². The fourth-order valence-electron chi connectivity index (χ4n) is 10.1. The lowest BCUT2D eigenvalue weighted by Gasteiger charge is -2.21. The Balaban J connectivity index is 4.69. The molecule has 101 heavy (non-hydrogen) atoms. The second kappa shape index (κ2) is 75.1. The Labute approximate surface area is 613 Å². The molecule has 0 amide bonds. The van der Waals surface area contributed by atoms with Crippen LogP contribution in [0.2, 0.25) is 0 Å². The van der Waals surface area contributed by atoms with Gasteiger partial charge in [-0.25, -0.2) is 9.13 Å². The number of phosphoric ester groups is 2. The minimum absolute atomic E-state index is 0.0791. The predicted molar refractivity (Wildman–Crippen MR) is 417 cm³/mol. The summed E-state index contributed by atoms with van der Waals surface area (Å²) in [6.07, 6.45) is 91.6. The number of phosphoric acid groups is 2. The highest BCUT2D eigenvalue weighted by atomic mass is 31.2. The van der Waals surface area contributed by atoms with Gasteiger partial charge in [0.2, 0.25) is 0 Å². The molecule has 0 rings (SSSR count). The molecule has 0 aromatic rings. The number of allylic oxidation sites excluding steroid dienone is 24. The maximum atomic E-state index is 13.0. The minimum Gasteiger partial charge on any atom is -0.463 e. The number of carbonyl (C=O) groups is 3. The molecule has 0 saturated heterocycles. The monoisotopic (exact) mass is 1450 g/mol. The maximum Gasteiger partial charge on any atom is 0.472 e. The van der Waals surface area contributed by atoms with Crippen LogP contribution < -0.4 is 0 Å². The Morgan fingerprint density at radius 3 is 0.832 bits per heavy atom. The molecule has 5 atom stereocenters. The Morgan fingerprint density at radius 1 is 0.287 bits per heavy atom. The van der Waals surface area contributed by atoms with Crippen molar-refractivity contribution >= 4 is 33.6 Å². The molecule has 4 N–H and O–H groups in total. The number of hydrogen-bond acceptors (Lipinski definition) is 14. The zero-order valence-electron chi connectivity index (χ0n) is 63.0. The average Bonchev–Trinajstić information content (AvgIpc) is 0.976. The number of ether oxygens (including phenoxy) is 3. The lowest BCUT2D eigenvalue weighted by atomic mass is 10.1. The highest BCUT2D eigenvalue weighted by molar-refractivity contribution is 7.47. The largest absolute Gasteiger partial charge is 0.472 e. The van der Waals surface area contributed by atoms with Crippen LogP contribution in [-0.4, -0.2) is 95.9 Å². The molecule has 0 aromatic heterocycles. The van der Waals surface area contributed by atoms with Gasteiger partial charge in [-0.2, -0.15) is 0 Å². The fourth-order valence-corrected chi connectivity index (χ4v) is 11.6. The first kappa shape index (κ1) is 96.4. The van der Waals surface area contributed by atoms with Gasteiger partial charge in [-0.1, -0.05) is 282 Å². The standard InChI is InChI=1S/C83H140O16P2/c1-4-7-10-13-16-19-22-25-28-31-34-36-37-38-39-41-44-45-48-51-54-57-60-63-66-69-81(86)93-72-78(84)73-95-100(89,90)96-74-79(85)75-97-101(91,92)98-77-80(99-83(88)71-68-65-62-59-56-53-50-47-42-33-30-27-24-21-18-15-12-9-6-3)76-94-82(87)70-67-64-61-58-55-52-49-46-43-40-35-32-29-26-23-20-17-14-11-8-5-2/h9,12,16-21,25-30,34-36,38-40,42,46-47,49,78-80,84-85H,4-8,10-11,13-15,22-24,31-33,37,41,43-45,48,50-77H2,1-3H3,(H,89,90)(H,91,92)/b12-9-,19-16-,20-17-,21-18-,28-25-,29-26-,30-27-,36-34-,39-38-,40-35-,47-42-,49-46-. The SMILES string of the molecule is CC/C=C\C/C=C\C/C=C\C/C=C\CCCCCCCCC(=O)OC(COC(=O)CCCCCCC/C=C\C/C=C\C/C=C\C/C=C\CCCCC)COP(=O)(O)OCC(O)COP(=O)(O)OCC(O)COC(=O)CCCCCCCCCCC/C=C\C/C=C\C/C=C\C/C=C\CCCCC. The third kappa shape index (κ3) is 76.4. The number of hydrogen-bond donors (Lipinski definition) is 4. The van der Waals surface area contributed by atoms with Crippen molar-refractivity contribution in [2.45, 2.75) is 322 Å². The fraction of sp³-hybridized carbons (Fsp3) is 0.675. The molecule has 0 aliphatic carbocycles. The van der Waals surface area contributed by atoms with Crippen LogP contribution in [0.5, 0.6) is 0 Å². The third-order valence-electron chi connectivity index (χ3n) is 16.0. The molecule has 16 nitrogen and oxygen atoms in total. The van der Waals surface area contributed by atoms with Gasteiger partial charge in [0.25, 0.3) is 0 Å². The Kier molecular flexibility index (Phi) is 71.7. The zero-order valence-corrected chi connectivity index (χ0v) is 64.8. The van der Waals surface area contributed by atoms with E-state index in [1.54, 1.807) is 0 Å². The van der Waals surface area contributed by atoms with E-state index in [4.69, 9.17) is 32.3 Å². The van der Waals surface area contributed by atoms with Crippen LogP contribution in [-0.2, 0) is 55.8 Å². The Morgan fingerprint density at radius 2 is 0.525 bits per heavy atom. The molecular weight excluding hydrogens is 1310 g/mol. The second-order valence-corrected chi connectivity index (χ2v) is 28.7. The predicted octanol–water partition coefficient (Wildman–Crippen LogP) is 22.9. The molecule has 578 valence electrons. The summed E-state index contributed by atoms with van der Waals surface area (Å²) in [5.41, 5.74) is 0. The van der Waals surface area contributed by atoms with E-state index in [1.165, 1.54) is 77.0 Å². The van der Waals surface area contributed by atoms with Crippen molar-refractivity contribution in [3.8, 4) is 0 Å². The molecular formula is C83H140O16P2. The van der Waals surface area contributed by atoms with Crippen LogP contribution in [0.25, 0.3) is 0 Å². The molecule has 0 fully saturated rings. The number of esters is 3. The molecule has 0 aliphatic rings. The van der Waals surface area contributed by atoms with E-state index < -0.39 is 91.5 Å². The summed E-state index contributed by atoms with van der Waals surface area (Å²) in [7, 11) is -9.81. The summed E-state index contributed by atoms with van der Waals surface area (Å²) in [6, 6.07) is 0. The second-order valence-electron chi connectivity index (χ2n) is 25.8. The van der Waals surface area contributed by atoms with E-state index in [9.17, 15) is 43.5 Å².